The van der Waals surface area contributed by atoms with Crippen LogP contribution in [0, 0.1) is 16.7 Å². The first-order valence-electron chi connectivity index (χ1n) is 9.33. The molecule has 2 atom stereocenters. The van der Waals surface area contributed by atoms with Crippen LogP contribution >= 0.6 is 0 Å². The maximum atomic E-state index is 10.2. The van der Waals surface area contributed by atoms with Crippen molar-refractivity contribution in [2.75, 3.05) is 14.1 Å². The molecule has 0 fully saturated rings. The minimum Gasteiger partial charge on any atom is -0.508 e. The second-order valence-corrected chi connectivity index (χ2v) is 9.85. The quantitative estimate of drug-likeness (QED) is 0.687. The van der Waals surface area contributed by atoms with E-state index in [-0.39, 0.29) is 5.41 Å². The van der Waals surface area contributed by atoms with E-state index in [1.165, 1.54) is 19.3 Å². The molecule has 0 aliphatic carbocycles. The van der Waals surface area contributed by atoms with Crippen LogP contribution < -0.4 is 0 Å². The summed E-state index contributed by atoms with van der Waals surface area (Å²) in [7, 11) is 4.40. The van der Waals surface area contributed by atoms with E-state index in [1.807, 2.05) is 12.1 Å². The van der Waals surface area contributed by atoms with Crippen LogP contribution in [-0.4, -0.2) is 30.1 Å². The van der Waals surface area contributed by atoms with Gasteiger partial charge in [0.05, 0.1) is 0 Å². The lowest BCUT2D eigenvalue weighted by Gasteiger charge is -2.37. The minimum atomic E-state index is 0.221. The summed E-state index contributed by atoms with van der Waals surface area (Å²) >= 11 is 0. The van der Waals surface area contributed by atoms with Gasteiger partial charge in [-0.05, 0) is 68.2 Å². The SMILES string of the molecule is CN(C)C(CCC(C)(C)C)CC(Cc1ccccc1O)C(C)(C)C. The summed E-state index contributed by atoms with van der Waals surface area (Å²) in [5.74, 6) is 0.973. The Morgan fingerprint density at radius 1 is 1.00 bits per heavy atom. The zero-order valence-electron chi connectivity index (χ0n) is 17.2. The standard InChI is InChI=1S/C22H39NO/c1-21(2,3)14-13-19(23(7)8)16-18(22(4,5)6)15-17-11-9-10-12-20(17)24/h9-12,18-19,24H,13-16H2,1-8H3. The van der Waals surface area contributed by atoms with Gasteiger partial charge < -0.3 is 10.0 Å². The van der Waals surface area contributed by atoms with Gasteiger partial charge in [-0.1, -0.05) is 59.7 Å². The summed E-state index contributed by atoms with van der Waals surface area (Å²) in [6.07, 6.45) is 4.57. The van der Waals surface area contributed by atoms with Crippen molar-refractivity contribution < 1.29 is 5.11 Å². The zero-order valence-corrected chi connectivity index (χ0v) is 17.2. The first-order valence-corrected chi connectivity index (χ1v) is 9.33. The van der Waals surface area contributed by atoms with Gasteiger partial charge in [0.1, 0.15) is 5.75 Å². The van der Waals surface area contributed by atoms with Crippen molar-refractivity contribution in [2.24, 2.45) is 16.7 Å². The van der Waals surface area contributed by atoms with E-state index in [2.05, 4.69) is 66.6 Å². The lowest BCUT2D eigenvalue weighted by Crippen LogP contribution is -2.35. The molecule has 1 aromatic rings. The summed E-state index contributed by atoms with van der Waals surface area (Å²) in [4.78, 5) is 2.38. The molecule has 2 nitrogen and oxygen atoms in total. The second-order valence-electron chi connectivity index (χ2n) is 9.85. The van der Waals surface area contributed by atoms with Gasteiger partial charge in [0, 0.05) is 6.04 Å². The van der Waals surface area contributed by atoms with E-state index in [0.29, 0.717) is 23.1 Å². The number of para-hydroxylation sites is 1. The fraction of sp³-hybridized carbons (Fsp3) is 0.727. The molecule has 2 unspecified atom stereocenters. The van der Waals surface area contributed by atoms with Crippen LogP contribution in [0.2, 0.25) is 0 Å². The molecule has 138 valence electrons. The predicted molar refractivity (Wildman–Crippen MR) is 106 cm³/mol. The molecule has 1 aromatic carbocycles. The molecule has 0 radical (unpaired) electrons. The van der Waals surface area contributed by atoms with Crippen molar-refractivity contribution in [3.63, 3.8) is 0 Å². The van der Waals surface area contributed by atoms with E-state index in [9.17, 15) is 5.11 Å². The predicted octanol–water partition coefficient (Wildman–Crippen LogP) is 5.74. The van der Waals surface area contributed by atoms with Crippen LogP contribution in [0.25, 0.3) is 0 Å². The maximum Gasteiger partial charge on any atom is 0.118 e. The zero-order chi connectivity index (χ0) is 18.5. The Bertz CT molecular complexity index is 493. The highest BCUT2D eigenvalue weighted by Crippen LogP contribution is 2.36. The molecule has 0 saturated carbocycles. The highest BCUT2D eigenvalue weighted by Gasteiger charge is 2.29. The number of phenols is 1. The van der Waals surface area contributed by atoms with Gasteiger partial charge in [-0.15, -0.1) is 0 Å². The van der Waals surface area contributed by atoms with E-state index in [0.717, 1.165) is 12.0 Å². The molecule has 0 aliphatic rings. The highest BCUT2D eigenvalue weighted by molar-refractivity contribution is 5.32. The van der Waals surface area contributed by atoms with Crippen LogP contribution in [0.3, 0.4) is 0 Å². The van der Waals surface area contributed by atoms with E-state index >= 15 is 0 Å². The highest BCUT2D eigenvalue weighted by atomic mass is 16.3. The molecule has 0 saturated heterocycles. The molecule has 24 heavy (non-hydrogen) atoms. The van der Waals surface area contributed by atoms with Crippen molar-refractivity contribution in [2.45, 2.75) is 73.3 Å². The van der Waals surface area contributed by atoms with Crippen LogP contribution in [0.4, 0.5) is 0 Å². The number of rotatable bonds is 7. The lowest BCUT2D eigenvalue weighted by molar-refractivity contribution is 0.145. The smallest absolute Gasteiger partial charge is 0.118 e. The van der Waals surface area contributed by atoms with Crippen molar-refractivity contribution in [1.82, 2.24) is 4.90 Å². The van der Waals surface area contributed by atoms with Crippen LogP contribution in [0.1, 0.15) is 66.4 Å². The van der Waals surface area contributed by atoms with Crippen molar-refractivity contribution >= 4 is 0 Å². The summed E-state index contributed by atoms with van der Waals surface area (Å²) in [6, 6.07) is 8.38. The molecule has 0 amide bonds. The summed E-state index contributed by atoms with van der Waals surface area (Å²) < 4.78 is 0. The molecule has 1 N–H and O–H groups in total. The van der Waals surface area contributed by atoms with Gasteiger partial charge in [-0.25, -0.2) is 0 Å². The van der Waals surface area contributed by atoms with Gasteiger partial charge in [0.15, 0.2) is 0 Å². The van der Waals surface area contributed by atoms with E-state index in [4.69, 9.17) is 0 Å². The minimum absolute atomic E-state index is 0.221. The molecule has 0 spiro atoms. The normalized spacial score (nSPS) is 15.5. The Balaban J connectivity index is 2.89. The fourth-order valence-corrected chi connectivity index (χ4v) is 3.21. The first-order chi connectivity index (χ1) is 10.9. The average Bonchev–Trinajstić information content (AvgIpc) is 2.41. The Morgan fingerprint density at radius 2 is 1.58 bits per heavy atom. The number of benzene rings is 1. The van der Waals surface area contributed by atoms with E-state index in [1.54, 1.807) is 6.07 Å². The number of phenolic OH excluding ortho intramolecular Hbond substituents is 1. The number of nitrogens with zero attached hydrogens (tertiary/aromatic N) is 1. The van der Waals surface area contributed by atoms with Gasteiger partial charge in [-0.2, -0.15) is 0 Å². The molecular formula is C22H39NO. The summed E-state index contributed by atoms with van der Waals surface area (Å²) in [6.45, 7) is 13.9. The van der Waals surface area contributed by atoms with E-state index < -0.39 is 0 Å². The fourth-order valence-electron chi connectivity index (χ4n) is 3.21. The largest absolute Gasteiger partial charge is 0.508 e. The topological polar surface area (TPSA) is 23.5 Å². The number of aromatic hydroxyl groups is 1. The molecule has 0 bridgehead atoms. The van der Waals surface area contributed by atoms with Crippen molar-refractivity contribution in [1.29, 1.82) is 0 Å². The van der Waals surface area contributed by atoms with Crippen LogP contribution in [0.5, 0.6) is 5.75 Å². The Kier molecular flexibility index (Phi) is 7.34. The van der Waals surface area contributed by atoms with Gasteiger partial charge in [0.25, 0.3) is 0 Å². The summed E-state index contributed by atoms with van der Waals surface area (Å²) in [5, 5.41) is 10.2. The van der Waals surface area contributed by atoms with Gasteiger partial charge in [-0.3, -0.25) is 0 Å². The van der Waals surface area contributed by atoms with Gasteiger partial charge >= 0.3 is 0 Å². The molecule has 1 rings (SSSR count). The molecular weight excluding hydrogens is 294 g/mol. The monoisotopic (exact) mass is 333 g/mol. The average molecular weight is 334 g/mol. The maximum absolute atomic E-state index is 10.2. The number of hydrogen-bond acceptors (Lipinski definition) is 2. The van der Waals surface area contributed by atoms with Crippen molar-refractivity contribution in [3.05, 3.63) is 29.8 Å². The lowest BCUT2D eigenvalue weighted by atomic mass is 9.73. The third kappa shape index (κ3) is 7.25. The van der Waals surface area contributed by atoms with Gasteiger partial charge in [0.2, 0.25) is 0 Å². The number of hydrogen-bond donors (Lipinski definition) is 1. The van der Waals surface area contributed by atoms with Crippen molar-refractivity contribution in [3.8, 4) is 5.75 Å². The third-order valence-corrected chi connectivity index (χ3v) is 5.20. The molecule has 0 heterocycles. The Labute approximate surface area is 150 Å². The Hall–Kier alpha value is -1.02. The third-order valence-electron chi connectivity index (χ3n) is 5.20. The van der Waals surface area contributed by atoms with Crippen LogP contribution in [0.15, 0.2) is 24.3 Å². The molecule has 0 aliphatic heterocycles. The first kappa shape index (κ1) is 21.0. The summed E-state index contributed by atoms with van der Waals surface area (Å²) in [5.41, 5.74) is 1.67. The second kappa shape index (κ2) is 8.38. The van der Waals surface area contributed by atoms with Crippen LogP contribution in [-0.2, 0) is 6.42 Å². The molecule has 0 aromatic heterocycles. The molecule has 2 heteroatoms. The Morgan fingerprint density at radius 3 is 2.04 bits per heavy atom.